The molecular formula is C53H34O2. The van der Waals surface area contributed by atoms with Crippen LogP contribution in [0.1, 0.15) is 22.3 Å². The van der Waals surface area contributed by atoms with Gasteiger partial charge in [0.25, 0.3) is 0 Å². The van der Waals surface area contributed by atoms with E-state index >= 15 is 0 Å². The summed E-state index contributed by atoms with van der Waals surface area (Å²) in [6, 6.07) is 73.7. The van der Waals surface area contributed by atoms with Crippen LogP contribution in [-0.2, 0) is 5.41 Å². The van der Waals surface area contributed by atoms with Crippen LogP contribution < -0.4 is 4.74 Å². The van der Waals surface area contributed by atoms with Crippen LogP contribution in [0.2, 0.25) is 0 Å². The first-order valence-electron chi connectivity index (χ1n) is 18.8. The van der Waals surface area contributed by atoms with Crippen molar-refractivity contribution in [3.8, 4) is 44.9 Å². The maximum atomic E-state index is 6.88. The van der Waals surface area contributed by atoms with E-state index in [-0.39, 0.29) is 0 Å². The number of ether oxygens (including phenoxy) is 1. The van der Waals surface area contributed by atoms with Crippen molar-refractivity contribution in [3.05, 3.63) is 229 Å². The second-order valence-electron chi connectivity index (χ2n) is 14.3. The molecule has 10 aromatic rings. The van der Waals surface area contributed by atoms with E-state index in [4.69, 9.17) is 9.15 Å². The third kappa shape index (κ3) is 4.75. The number of hydrogen-bond acceptors (Lipinski definition) is 2. The Balaban J connectivity index is 1.11. The molecule has 2 heteroatoms. The van der Waals surface area contributed by atoms with Gasteiger partial charge in [-0.05, 0) is 74.2 Å². The van der Waals surface area contributed by atoms with Crippen LogP contribution in [0.15, 0.2) is 211 Å². The summed E-state index contributed by atoms with van der Waals surface area (Å²) in [6.07, 6.45) is 0. The van der Waals surface area contributed by atoms with Gasteiger partial charge in [-0.1, -0.05) is 182 Å². The highest BCUT2D eigenvalue weighted by atomic mass is 16.5. The van der Waals surface area contributed by atoms with Crippen molar-refractivity contribution < 1.29 is 9.15 Å². The Kier molecular flexibility index (Phi) is 7.11. The molecule has 1 aromatic heterocycles. The zero-order chi connectivity index (χ0) is 36.3. The van der Waals surface area contributed by atoms with Gasteiger partial charge >= 0.3 is 0 Å². The lowest BCUT2D eigenvalue weighted by Crippen LogP contribution is -2.34. The van der Waals surface area contributed by atoms with Crippen molar-refractivity contribution in [1.82, 2.24) is 0 Å². The van der Waals surface area contributed by atoms with Crippen molar-refractivity contribution >= 4 is 32.7 Å². The fourth-order valence-electron chi connectivity index (χ4n) is 9.08. The van der Waals surface area contributed by atoms with Crippen LogP contribution in [0, 0.1) is 0 Å². The first-order valence-corrected chi connectivity index (χ1v) is 18.8. The molecule has 0 saturated carbocycles. The monoisotopic (exact) mass is 702 g/mol. The van der Waals surface area contributed by atoms with Gasteiger partial charge in [0.2, 0.25) is 0 Å². The van der Waals surface area contributed by atoms with Crippen LogP contribution in [0.3, 0.4) is 0 Å². The topological polar surface area (TPSA) is 22.4 Å². The van der Waals surface area contributed by atoms with Crippen LogP contribution in [0.25, 0.3) is 66.1 Å². The summed E-state index contributed by atoms with van der Waals surface area (Å²) in [6.45, 7) is 0. The molecule has 11 rings (SSSR count). The van der Waals surface area contributed by atoms with Gasteiger partial charge < -0.3 is 9.15 Å². The Morgan fingerprint density at radius 3 is 1.71 bits per heavy atom. The largest absolute Gasteiger partial charge is 0.457 e. The molecule has 1 aliphatic rings. The minimum atomic E-state index is -0.561. The van der Waals surface area contributed by atoms with Gasteiger partial charge in [0, 0.05) is 27.3 Å². The van der Waals surface area contributed by atoms with Gasteiger partial charge in [-0.25, -0.2) is 0 Å². The zero-order valence-electron chi connectivity index (χ0n) is 29.9. The maximum absolute atomic E-state index is 6.88. The molecule has 55 heavy (non-hydrogen) atoms. The van der Waals surface area contributed by atoms with Crippen molar-refractivity contribution in [2.45, 2.75) is 5.41 Å². The Bertz CT molecular complexity index is 3020. The lowest BCUT2D eigenvalue weighted by atomic mass is 9.63. The molecule has 9 aromatic carbocycles. The maximum Gasteiger partial charge on any atom is 0.143 e. The van der Waals surface area contributed by atoms with E-state index in [9.17, 15) is 0 Å². The number of furan rings is 1. The highest BCUT2D eigenvalue weighted by molar-refractivity contribution is 6.19. The van der Waals surface area contributed by atoms with E-state index in [1.807, 2.05) is 0 Å². The molecule has 0 saturated heterocycles. The fourth-order valence-corrected chi connectivity index (χ4v) is 9.08. The molecule has 258 valence electrons. The molecule has 0 radical (unpaired) electrons. The zero-order valence-corrected chi connectivity index (χ0v) is 29.9. The number of hydrogen-bond donors (Lipinski definition) is 0. The van der Waals surface area contributed by atoms with Crippen LogP contribution in [-0.4, -0.2) is 0 Å². The summed E-state index contributed by atoms with van der Waals surface area (Å²) in [5, 5.41) is 4.56. The SMILES string of the molecule is c1ccc(C2(c3ccccc3)c3ccccc3Oc3cc(-c4ccccc4-c4ccccc4-c4cccc5oc6c7ccccc7ccc6c45)ccc32)cc1. The van der Waals surface area contributed by atoms with E-state index in [0.717, 1.165) is 83.3 Å². The third-order valence-electron chi connectivity index (χ3n) is 11.4. The average molecular weight is 703 g/mol. The van der Waals surface area contributed by atoms with Gasteiger partial charge in [0.05, 0.1) is 5.41 Å². The predicted octanol–water partition coefficient (Wildman–Crippen LogP) is 14.2. The van der Waals surface area contributed by atoms with Gasteiger partial charge in [0.1, 0.15) is 22.7 Å². The number of benzene rings is 9. The lowest BCUT2D eigenvalue weighted by Gasteiger charge is -2.41. The molecule has 0 unspecified atom stereocenters. The molecule has 0 bridgehead atoms. The number of para-hydroxylation sites is 1. The summed E-state index contributed by atoms with van der Waals surface area (Å²) in [4.78, 5) is 0. The van der Waals surface area contributed by atoms with Gasteiger partial charge in [-0.2, -0.15) is 0 Å². The third-order valence-corrected chi connectivity index (χ3v) is 11.4. The minimum Gasteiger partial charge on any atom is -0.457 e. The summed E-state index contributed by atoms with van der Waals surface area (Å²) >= 11 is 0. The quantitative estimate of drug-likeness (QED) is 0.178. The highest BCUT2D eigenvalue weighted by Crippen LogP contribution is 2.56. The Hall–Kier alpha value is -7.16. The van der Waals surface area contributed by atoms with Crippen molar-refractivity contribution in [2.75, 3.05) is 0 Å². The predicted molar refractivity (Wildman–Crippen MR) is 226 cm³/mol. The average Bonchev–Trinajstić information content (AvgIpc) is 3.66. The van der Waals surface area contributed by atoms with Crippen molar-refractivity contribution in [2.24, 2.45) is 0 Å². The normalized spacial score (nSPS) is 13.0. The van der Waals surface area contributed by atoms with Crippen LogP contribution in [0.5, 0.6) is 11.5 Å². The number of fused-ring (bicyclic) bond motifs is 7. The first kappa shape index (κ1) is 31.4. The summed E-state index contributed by atoms with van der Waals surface area (Å²) in [5.41, 5.74) is 12.8. The van der Waals surface area contributed by atoms with Crippen LogP contribution >= 0.6 is 0 Å². The van der Waals surface area contributed by atoms with Crippen molar-refractivity contribution in [1.29, 1.82) is 0 Å². The molecule has 0 amide bonds. The molecular weight excluding hydrogens is 669 g/mol. The van der Waals surface area contributed by atoms with E-state index in [1.165, 1.54) is 16.5 Å². The summed E-state index contributed by atoms with van der Waals surface area (Å²) < 4.78 is 13.5. The van der Waals surface area contributed by atoms with Gasteiger partial charge in [-0.15, -0.1) is 0 Å². The Morgan fingerprint density at radius 1 is 0.364 bits per heavy atom. The molecule has 0 aliphatic carbocycles. The Morgan fingerprint density at radius 2 is 0.945 bits per heavy atom. The van der Waals surface area contributed by atoms with E-state index < -0.39 is 5.41 Å². The smallest absolute Gasteiger partial charge is 0.143 e. The second kappa shape index (κ2) is 12.5. The standard InChI is InChI=1S/C53H34O2/c1-3-17-37(18-4-1)53(38-19-5-2-6-20-38)46-27-13-14-28-48(46)54-50-34-36(31-33-47(50)53)39-21-9-10-23-41(39)42-24-11-12-25-43(42)44-26-15-29-49-51(44)45-32-30-35-16-7-8-22-40(35)52(45)55-49/h1-34H. The molecule has 0 spiro atoms. The highest BCUT2D eigenvalue weighted by Gasteiger charge is 2.45. The molecule has 2 heterocycles. The molecule has 0 fully saturated rings. The van der Waals surface area contributed by atoms with Gasteiger partial charge in [-0.3, -0.25) is 0 Å². The van der Waals surface area contributed by atoms with E-state index in [0.29, 0.717) is 0 Å². The summed E-state index contributed by atoms with van der Waals surface area (Å²) in [7, 11) is 0. The van der Waals surface area contributed by atoms with E-state index in [1.54, 1.807) is 0 Å². The fraction of sp³-hybridized carbons (Fsp3) is 0.0189. The Labute approximate surface area is 319 Å². The lowest BCUT2D eigenvalue weighted by molar-refractivity contribution is 0.435. The van der Waals surface area contributed by atoms with Crippen molar-refractivity contribution in [3.63, 3.8) is 0 Å². The molecule has 0 atom stereocenters. The van der Waals surface area contributed by atoms with E-state index in [2.05, 4.69) is 206 Å². The molecule has 2 nitrogen and oxygen atoms in total. The number of rotatable bonds is 5. The minimum absolute atomic E-state index is 0.561. The van der Waals surface area contributed by atoms with Crippen LogP contribution in [0.4, 0.5) is 0 Å². The van der Waals surface area contributed by atoms with Gasteiger partial charge in [0.15, 0.2) is 0 Å². The molecule has 1 aliphatic heterocycles. The second-order valence-corrected chi connectivity index (χ2v) is 14.3. The first-order chi connectivity index (χ1) is 27.3. The summed E-state index contributed by atoms with van der Waals surface area (Å²) in [5.74, 6) is 1.72. The molecule has 0 N–H and O–H groups in total.